The van der Waals surface area contributed by atoms with Crippen molar-refractivity contribution in [3.05, 3.63) is 108 Å². The summed E-state index contributed by atoms with van der Waals surface area (Å²) >= 11 is 1.47. The van der Waals surface area contributed by atoms with Gasteiger partial charge in [-0.1, -0.05) is 66.7 Å². The average molecular weight is 669 g/mol. The third kappa shape index (κ3) is 8.64. The first kappa shape index (κ1) is 34.3. The molecule has 48 heavy (non-hydrogen) atoms. The Hall–Kier alpha value is -5.07. The molecule has 2 aromatic heterocycles. The summed E-state index contributed by atoms with van der Waals surface area (Å²) in [6, 6.07) is 20.3. The van der Waals surface area contributed by atoms with Crippen LogP contribution in [-0.4, -0.2) is 74.9 Å². The molecular formula is C36H40N6O5S. The van der Waals surface area contributed by atoms with Crippen molar-refractivity contribution >= 4 is 57.3 Å². The predicted octanol–water partition coefficient (Wildman–Crippen LogP) is 3.30. The van der Waals surface area contributed by atoms with E-state index in [0.29, 0.717) is 5.75 Å². The maximum Gasteiger partial charge on any atom is 0.326 e. The van der Waals surface area contributed by atoms with Crippen molar-refractivity contribution in [1.29, 1.82) is 0 Å². The van der Waals surface area contributed by atoms with Gasteiger partial charge in [0.15, 0.2) is 0 Å². The molecular weight excluding hydrogens is 629 g/mol. The molecule has 0 aliphatic heterocycles. The fourth-order valence-corrected chi connectivity index (χ4v) is 6.21. The number of aromatic amines is 2. The fourth-order valence-electron chi connectivity index (χ4n) is 5.74. The molecule has 8 N–H and O–H groups in total. The highest BCUT2D eigenvalue weighted by Crippen LogP contribution is 2.21. The molecule has 12 heteroatoms. The Morgan fingerprint density at radius 3 is 1.69 bits per heavy atom. The number of para-hydroxylation sites is 2. The van der Waals surface area contributed by atoms with Crippen LogP contribution in [0.15, 0.2) is 91.3 Å². The van der Waals surface area contributed by atoms with E-state index in [1.54, 1.807) is 12.4 Å². The first-order chi connectivity index (χ1) is 23.2. The van der Waals surface area contributed by atoms with E-state index in [0.717, 1.165) is 38.5 Å². The first-order valence-electron chi connectivity index (χ1n) is 15.8. The van der Waals surface area contributed by atoms with Crippen LogP contribution in [0.5, 0.6) is 0 Å². The third-order valence-electron chi connectivity index (χ3n) is 8.32. The monoisotopic (exact) mass is 668 g/mol. The van der Waals surface area contributed by atoms with Gasteiger partial charge in [0.25, 0.3) is 0 Å². The highest BCUT2D eigenvalue weighted by molar-refractivity contribution is 7.98. The average Bonchev–Trinajstić information content (AvgIpc) is 3.70. The Bertz CT molecular complexity index is 1870. The van der Waals surface area contributed by atoms with E-state index in [4.69, 9.17) is 5.73 Å². The van der Waals surface area contributed by atoms with Gasteiger partial charge in [0.05, 0.1) is 6.04 Å². The van der Waals surface area contributed by atoms with E-state index < -0.39 is 47.9 Å². The van der Waals surface area contributed by atoms with Crippen LogP contribution >= 0.6 is 11.8 Å². The lowest BCUT2D eigenvalue weighted by Crippen LogP contribution is -2.58. The smallest absolute Gasteiger partial charge is 0.326 e. The maximum absolute atomic E-state index is 14.1. The van der Waals surface area contributed by atoms with Gasteiger partial charge in [0, 0.05) is 47.0 Å². The molecule has 11 nitrogen and oxygen atoms in total. The minimum absolute atomic E-state index is 0.0811. The number of benzene rings is 3. The van der Waals surface area contributed by atoms with E-state index in [2.05, 4.69) is 25.9 Å². The van der Waals surface area contributed by atoms with Crippen molar-refractivity contribution in [3.8, 4) is 0 Å². The van der Waals surface area contributed by atoms with Gasteiger partial charge >= 0.3 is 5.97 Å². The van der Waals surface area contributed by atoms with Crippen molar-refractivity contribution in [3.63, 3.8) is 0 Å². The van der Waals surface area contributed by atoms with Crippen molar-refractivity contribution in [1.82, 2.24) is 25.9 Å². The number of carboxylic acids is 1. The number of thioether (sulfide) groups is 1. The van der Waals surface area contributed by atoms with Crippen molar-refractivity contribution in [2.75, 3.05) is 12.0 Å². The molecule has 0 spiro atoms. The van der Waals surface area contributed by atoms with Gasteiger partial charge in [-0.25, -0.2) is 4.79 Å². The van der Waals surface area contributed by atoms with Gasteiger partial charge < -0.3 is 36.8 Å². The number of fused-ring (bicyclic) bond motifs is 2. The second kappa shape index (κ2) is 16.2. The molecule has 0 radical (unpaired) electrons. The lowest BCUT2D eigenvalue weighted by molar-refractivity contribution is -0.142. The van der Waals surface area contributed by atoms with E-state index in [-0.39, 0.29) is 25.7 Å². The van der Waals surface area contributed by atoms with Crippen LogP contribution in [0.4, 0.5) is 0 Å². The molecule has 5 rings (SSSR count). The second-order valence-electron chi connectivity index (χ2n) is 11.7. The van der Waals surface area contributed by atoms with Gasteiger partial charge in [0.1, 0.15) is 18.1 Å². The fraction of sp³-hybridized carbons (Fsp3) is 0.278. The van der Waals surface area contributed by atoms with Gasteiger partial charge in [-0.3, -0.25) is 14.4 Å². The van der Waals surface area contributed by atoms with E-state index in [1.807, 2.05) is 85.1 Å². The van der Waals surface area contributed by atoms with Crippen LogP contribution in [0, 0.1) is 0 Å². The first-order valence-corrected chi connectivity index (χ1v) is 17.1. The Morgan fingerprint density at radius 2 is 1.17 bits per heavy atom. The summed E-state index contributed by atoms with van der Waals surface area (Å²) in [5, 5.41) is 19.9. The van der Waals surface area contributed by atoms with Crippen LogP contribution in [0.25, 0.3) is 21.8 Å². The highest BCUT2D eigenvalue weighted by atomic mass is 32.2. The van der Waals surface area contributed by atoms with E-state index in [1.165, 1.54) is 11.8 Å². The molecule has 5 aromatic rings. The van der Waals surface area contributed by atoms with Crippen LogP contribution in [0.1, 0.15) is 23.1 Å². The SMILES string of the molecule is CSCCC(NC(=O)C(Cc1c[nH]c2ccccc12)NC(=O)C(Cc1c[nH]c2ccccc12)NC(=O)C(N)Cc1ccccc1)C(=O)O. The predicted molar refractivity (Wildman–Crippen MR) is 189 cm³/mol. The van der Waals surface area contributed by atoms with Crippen molar-refractivity contribution in [2.45, 2.75) is 49.9 Å². The lowest BCUT2D eigenvalue weighted by Gasteiger charge is -2.25. The molecule has 2 heterocycles. The molecule has 250 valence electrons. The lowest BCUT2D eigenvalue weighted by atomic mass is 10.0. The number of carbonyl (C=O) groups is 4. The summed E-state index contributed by atoms with van der Waals surface area (Å²) in [5.74, 6) is -2.39. The number of carboxylic acid groups (broad SMARTS) is 1. The molecule has 0 bridgehead atoms. The quantitative estimate of drug-likeness (QED) is 0.0842. The van der Waals surface area contributed by atoms with Gasteiger partial charge in [-0.15, -0.1) is 0 Å². The normalized spacial score (nSPS) is 13.8. The minimum Gasteiger partial charge on any atom is -0.480 e. The molecule has 0 fully saturated rings. The van der Waals surface area contributed by atoms with Crippen LogP contribution in [0.2, 0.25) is 0 Å². The number of aliphatic carboxylic acids is 1. The largest absolute Gasteiger partial charge is 0.480 e. The number of aromatic nitrogens is 2. The summed E-state index contributed by atoms with van der Waals surface area (Å²) in [6.07, 6.45) is 6.10. The highest BCUT2D eigenvalue weighted by Gasteiger charge is 2.31. The Kier molecular flexibility index (Phi) is 11.5. The van der Waals surface area contributed by atoms with Gasteiger partial charge in [-0.05, 0) is 53.7 Å². The maximum atomic E-state index is 14.1. The number of carbonyl (C=O) groups excluding carboxylic acids is 3. The molecule has 0 saturated carbocycles. The van der Waals surface area contributed by atoms with Crippen LogP contribution in [-0.2, 0) is 38.4 Å². The third-order valence-corrected chi connectivity index (χ3v) is 8.97. The summed E-state index contributed by atoms with van der Waals surface area (Å²) in [4.78, 5) is 59.7. The van der Waals surface area contributed by atoms with Crippen LogP contribution in [0.3, 0.4) is 0 Å². The van der Waals surface area contributed by atoms with E-state index in [9.17, 15) is 24.3 Å². The molecule has 3 aromatic carbocycles. The molecule has 4 unspecified atom stereocenters. The molecule has 0 aliphatic carbocycles. The summed E-state index contributed by atoms with van der Waals surface area (Å²) in [6.45, 7) is 0. The summed E-state index contributed by atoms with van der Waals surface area (Å²) in [5.41, 5.74) is 10.5. The standard InChI is InChI=1S/C36H40N6O5S/c1-48-16-15-30(36(46)47)40-34(44)32(19-24-21-39-29-14-8-6-12-26(24)29)42-35(45)31(18-23-20-38-28-13-7-5-11-25(23)28)41-33(43)27(37)17-22-9-3-2-4-10-22/h2-14,20-21,27,30-32,38-39H,15-19,37H2,1H3,(H,40,44)(H,41,43)(H,42,45)(H,46,47). The van der Waals surface area contributed by atoms with Crippen LogP contribution < -0.4 is 21.7 Å². The minimum atomic E-state index is -1.16. The number of rotatable bonds is 16. The zero-order valence-corrected chi connectivity index (χ0v) is 27.4. The number of hydrogen-bond acceptors (Lipinski definition) is 6. The molecule has 0 saturated heterocycles. The van der Waals surface area contributed by atoms with Crippen molar-refractivity contribution in [2.24, 2.45) is 5.73 Å². The van der Waals surface area contributed by atoms with Crippen molar-refractivity contribution < 1.29 is 24.3 Å². The Balaban J connectivity index is 1.42. The zero-order valence-electron chi connectivity index (χ0n) is 26.6. The summed E-state index contributed by atoms with van der Waals surface area (Å²) < 4.78 is 0. The molecule has 3 amide bonds. The Morgan fingerprint density at radius 1 is 0.688 bits per heavy atom. The Labute approximate surface area is 282 Å². The van der Waals surface area contributed by atoms with Gasteiger partial charge in [0.2, 0.25) is 17.7 Å². The number of amides is 3. The number of nitrogens with one attached hydrogen (secondary N) is 5. The molecule has 4 atom stereocenters. The second-order valence-corrected chi connectivity index (χ2v) is 12.7. The van der Waals surface area contributed by atoms with Gasteiger partial charge in [-0.2, -0.15) is 11.8 Å². The molecule has 0 aliphatic rings. The number of nitrogens with two attached hydrogens (primary N) is 1. The number of hydrogen-bond donors (Lipinski definition) is 7. The topological polar surface area (TPSA) is 182 Å². The van der Waals surface area contributed by atoms with E-state index >= 15 is 0 Å². The number of H-pyrrole nitrogens is 2. The zero-order chi connectivity index (χ0) is 34.0. The summed E-state index contributed by atoms with van der Waals surface area (Å²) in [7, 11) is 0.